The molecule has 0 aliphatic rings. The number of esters is 1. The minimum atomic E-state index is -0.981. The Morgan fingerprint density at radius 3 is 2.08 bits per heavy atom. The molecule has 1 rings (SSSR count). The molecule has 0 aliphatic carbocycles. The molecule has 0 atom stereocenters. The first-order valence-electron chi connectivity index (χ1n) is 7.38. The van der Waals surface area contributed by atoms with Crippen molar-refractivity contribution < 1.29 is 24.2 Å². The lowest BCUT2D eigenvalue weighted by Gasteiger charge is -2.00. The van der Waals surface area contributed by atoms with Crippen molar-refractivity contribution in [3.63, 3.8) is 0 Å². The van der Waals surface area contributed by atoms with Crippen molar-refractivity contribution in [2.24, 2.45) is 0 Å². The molecule has 0 amide bonds. The monoisotopic (exact) mass is 334 g/mol. The number of carbonyl (C=O) groups is 2. The van der Waals surface area contributed by atoms with Crippen molar-refractivity contribution in [2.75, 3.05) is 19.8 Å². The van der Waals surface area contributed by atoms with E-state index in [-0.39, 0.29) is 0 Å². The smallest absolute Gasteiger partial charge is 0.330 e. The first-order chi connectivity index (χ1) is 11.5. The number of allylic oxidation sites excluding steroid dienone is 1. The van der Waals surface area contributed by atoms with Crippen molar-refractivity contribution in [1.29, 1.82) is 0 Å². The summed E-state index contributed by atoms with van der Waals surface area (Å²) in [5, 5.41) is 7.60. The van der Waals surface area contributed by atoms with E-state index in [2.05, 4.69) is 36.6 Å². The van der Waals surface area contributed by atoms with Gasteiger partial charge >= 0.3 is 11.9 Å². The van der Waals surface area contributed by atoms with E-state index < -0.39 is 11.9 Å². The highest BCUT2D eigenvalue weighted by Crippen LogP contribution is 1.98. The Bertz CT molecular complexity index is 480. The van der Waals surface area contributed by atoms with Crippen LogP contribution in [-0.2, 0) is 25.5 Å². The molecule has 0 bridgehead atoms. The topological polar surface area (TPSA) is 72.8 Å². The van der Waals surface area contributed by atoms with E-state index in [0.29, 0.717) is 19.8 Å². The number of hydrogen-bond acceptors (Lipinski definition) is 4. The Morgan fingerprint density at radius 1 is 1.08 bits per heavy atom. The minimum absolute atomic E-state index is 0.304. The Labute approximate surface area is 143 Å². The molecule has 0 unspecified atom stereocenters. The van der Waals surface area contributed by atoms with E-state index in [1.165, 1.54) is 5.56 Å². The van der Waals surface area contributed by atoms with Crippen LogP contribution in [0.2, 0.25) is 0 Å². The zero-order valence-corrected chi connectivity index (χ0v) is 14.1. The van der Waals surface area contributed by atoms with E-state index >= 15 is 0 Å². The maximum Gasteiger partial charge on any atom is 0.330 e. The highest BCUT2D eigenvalue weighted by molar-refractivity contribution is 5.81. The summed E-state index contributed by atoms with van der Waals surface area (Å²) < 4.78 is 9.53. The van der Waals surface area contributed by atoms with Crippen LogP contribution in [0, 0.1) is 0 Å². The van der Waals surface area contributed by atoms with E-state index in [1.807, 2.05) is 31.2 Å². The van der Waals surface area contributed by atoms with Crippen LogP contribution in [-0.4, -0.2) is 36.9 Å². The second-order valence-corrected chi connectivity index (χ2v) is 4.09. The SMILES string of the molecule is C=CC(=O)O.C=CC(=O)OCCOCC.C=CCc1ccccc1. The second-order valence-electron chi connectivity index (χ2n) is 4.09. The van der Waals surface area contributed by atoms with Gasteiger partial charge in [0.15, 0.2) is 0 Å². The fraction of sp³-hybridized carbons (Fsp3) is 0.263. The highest BCUT2D eigenvalue weighted by Gasteiger charge is 1.92. The van der Waals surface area contributed by atoms with Gasteiger partial charge in [-0.25, -0.2) is 9.59 Å². The minimum Gasteiger partial charge on any atom is -0.478 e. The molecule has 1 N–H and O–H groups in total. The molecule has 1 aromatic carbocycles. The van der Waals surface area contributed by atoms with E-state index in [9.17, 15) is 9.59 Å². The zero-order chi connectivity index (χ0) is 18.6. The third-order valence-electron chi connectivity index (χ3n) is 2.24. The molecule has 0 aromatic heterocycles. The first kappa shape index (κ1) is 23.6. The predicted molar refractivity (Wildman–Crippen MR) is 95.8 cm³/mol. The van der Waals surface area contributed by atoms with Gasteiger partial charge in [0.05, 0.1) is 6.61 Å². The van der Waals surface area contributed by atoms with Crippen molar-refractivity contribution in [3.05, 3.63) is 73.9 Å². The summed E-state index contributed by atoms with van der Waals surface area (Å²) in [5.41, 5.74) is 1.33. The van der Waals surface area contributed by atoms with Crippen LogP contribution in [0.25, 0.3) is 0 Å². The molecule has 24 heavy (non-hydrogen) atoms. The molecule has 0 spiro atoms. The third-order valence-corrected chi connectivity index (χ3v) is 2.24. The number of ether oxygens (including phenoxy) is 2. The Kier molecular flexibility index (Phi) is 18.1. The van der Waals surface area contributed by atoms with Crippen LogP contribution in [0.3, 0.4) is 0 Å². The van der Waals surface area contributed by atoms with Crippen LogP contribution in [0.1, 0.15) is 12.5 Å². The number of carbonyl (C=O) groups excluding carboxylic acids is 1. The Balaban J connectivity index is 0. The number of carboxylic acids is 1. The number of hydrogen-bond donors (Lipinski definition) is 1. The van der Waals surface area contributed by atoms with Crippen molar-refractivity contribution >= 4 is 11.9 Å². The summed E-state index contributed by atoms with van der Waals surface area (Å²) >= 11 is 0. The molecule has 0 heterocycles. The van der Waals surface area contributed by atoms with Crippen LogP contribution in [0.4, 0.5) is 0 Å². The van der Waals surface area contributed by atoms with Crippen LogP contribution in [0.5, 0.6) is 0 Å². The van der Waals surface area contributed by atoms with Crippen molar-refractivity contribution in [1.82, 2.24) is 0 Å². The molecule has 5 heteroatoms. The molecule has 0 radical (unpaired) electrons. The lowest BCUT2D eigenvalue weighted by atomic mass is 10.2. The largest absolute Gasteiger partial charge is 0.478 e. The maximum absolute atomic E-state index is 10.4. The van der Waals surface area contributed by atoms with Gasteiger partial charge in [0.2, 0.25) is 0 Å². The highest BCUT2D eigenvalue weighted by atomic mass is 16.6. The molecule has 5 nitrogen and oxygen atoms in total. The second kappa shape index (κ2) is 18.4. The number of rotatable bonds is 8. The normalized spacial score (nSPS) is 8.38. The summed E-state index contributed by atoms with van der Waals surface area (Å²) in [7, 11) is 0. The van der Waals surface area contributed by atoms with Gasteiger partial charge in [-0.05, 0) is 18.9 Å². The Morgan fingerprint density at radius 2 is 1.67 bits per heavy atom. The van der Waals surface area contributed by atoms with Gasteiger partial charge in [-0.3, -0.25) is 0 Å². The summed E-state index contributed by atoms with van der Waals surface area (Å²) in [4.78, 5) is 19.6. The summed E-state index contributed by atoms with van der Waals surface area (Å²) in [5.74, 6) is -1.38. The lowest BCUT2D eigenvalue weighted by molar-refractivity contribution is -0.139. The van der Waals surface area contributed by atoms with Gasteiger partial charge < -0.3 is 14.6 Å². The Hall–Kier alpha value is -2.66. The van der Waals surface area contributed by atoms with Gasteiger partial charge in [0, 0.05) is 18.8 Å². The fourth-order valence-electron chi connectivity index (χ4n) is 1.19. The summed E-state index contributed by atoms with van der Waals surface area (Å²) in [6.45, 7) is 13.1. The fourth-order valence-corrected chi connectivity index (χ4v) is 1.19. The third kappa shape index (κ3) is 19.3. The van der Waals surface area contributed by atoms with E-state index in [0.717, 1.165) is 18.6 Å². The maximum atomic E-state index is 10.4. The van der Waals surface area contributed by atoms with Gasteiger partial charge in [0.1, 0.15) is 6.61 Å². The molecule has 0 saturated carbocycles. The molecule has 0 aliphatic heterocycles. The van der Waals surface area contributed by atoms with Crippen LogP contribution in [0.15, 0.2) is 68.3 Å². The van der Waals surface area contributed by atoms with Crippen LogP contribution >= 0.6 is 0 Å². The predicted octanol–water partition coefficient (Wildman–Crippen LogP) is 3.42. The molecular weight excluding hydrogens is 308 g/mol. The molecule has 1 aromatic rings. The average Bonchev–Trinajstić information content (AvgIpc) is 2.61. The van der Waals surface area contributed by atoms with E-state index in [4.69, 9.17) is 9.84 Å². The lowest BCUT2D eigenvalue weighted by Crippen LogP contribution is -2.07. The number of carboxylic acid groups (broad SMARTS) is 1. The van der Waals surface area contributed by atoms with Crippen molar-refractivity contribution in [3.8, 4) is 0 Å². The number of benzene rings is 1. The van der Waals surface area contributed by atoms with Crippen molar-refractivity contribution in [2.45, 2.75) is 13.3 Å². The van der Waals surface area contributed by atoms with Gasteiger partial charge in [0.25, 0.3) is 0 Å². The average molecular weight is 334 g/mol. The van der Waals surface area contributed by atoms with Gasteiger partial charge in [-0.15, -0.1) is 6.58 Å². The van der Waals surface area contributed by atoms with Gasteiger partial charge in [-0.2, -0.15) is 0 Å². The van der Waals surface area contributed by atoms with Gasteiger partial charge in [-0.1, -0.05) is 49.6 Å². The summed E-state index contributed by atoms with van der Waals surface area (Å²) in [6, 6.07) is 10.3. The molecule has 0 saturated heterocycles. The first-order valence-corrected chi connectivity index (χ1v) is 7.38. The summed E-state index contributed by atoms with van der Waals surface area (Å²) in [6.07, 6.45) is 4.85. The molecule has 0 fully saturated rings. The molecule has 132 valence electrons. The molecular formula is C19H26O5. The van der Waals surface area contributed by atoms with E-state index in [1.54, 1.807) is 0 Å². The van der Waals surface area contributed by atoms with Crippen LogP contribution < -0.4 is 0 Å². The zero-order valence-electron chi connectivity index (χ0n) is 14.1. The standard InChI is InChI=1S/C9H10.C7H12O3.C3H4O2/c1-2-6-9-7-4-3-5-8-9;1-3-7(8)10-6-5-9-4-2;1-2-3(4)5/h2-5,7-8H,1,6H2;3H,1,4-6H2,2H3;2H,1H2,(H,4,5). The quantitative estimate of drug-likeness (QED) is 0.341. The number of aliphatic carboxylic acids is 1.